The number of nitrogens with two attached hydrogens (primary N) is 2. The molecule has 2 atom stereocenters. The summed E-state index contributed by atoms with van der Waals surface area (Å²) >= 11 is 0. The lowest BCUT2D eigenvalue weighted by Crippen LogP contribution is -2.44. The fourth-order valence-electron chi connectivity index (χ4n) is 0.883. The van der Waals surface area contributed by atoms with Gasteiger partial charge in [-0.1, -0.05) is 0 Å². The van der Waals surface area contributed by atoms with Gasteiger partial charge in [0.2, 0.25) is 5.91 Å². The molecule has 0 bridgehead atoms. The zero-order valence-electron chi connectivity index (χ0n) is 8.15. The van der Waals surface area contributed by atoms with Crippen LogP contribution in [0.4, 0.5) is 0 Å². The highest BCUT2D eigenvalue weighted by Gasteiger charge is 2.13. The largest absolute Gasteiger partial charge is 0.394 e. The van der Waals surface area contributed by atoms with E-state index in [1.54, 1.807) is 0 Å². The monoisotopic (exact) mass is 205 g/mol. The molecule has 14 heavy (non-hydrogen) atoms. The topological polar surface area (TPSA) is 122 Å². The van der Waals surface area contributed by atoms with Crippen LogP contribution < -0.4 is 16.8 Å². The molecule has 84 valence electrons. The standard InChI is InChI=1S/C8H19N3O3/c9-3-1-2-7(10)8(14)11-4-6(13)5-12/h6-7,12-13H,1-5,9-10H2,(H,11,14). The minimum Gasteiger partial charge on any atom is -0.394 e. The van der Waals surface area contributed by atoms with Gasteiger partial charge in [-0.3, -0.25) is 4.79 Å². The van der Waals surface area contributed by atoms with Crippen LogP contribution in [0.15, 0.2) is 0 Å². The summed E-state index contributed by atoms with van der Waals surface area (Å²) in [5, 5.41) is 19.8. The summed E-state index contributed by atoms with van der Waals surface area (Å²) in [4.78, 5) is 11.2. The third kappa shape index (κ3) is 5.87. The van der Waals surface area contributed by atoms with Gasteiger partial charge in [-0.15, -0.1) is 0 Å². The molecule has 0 spiro atoms. The minimum atomic E-state index is -0.930. The van der Waals surface area contributed by atoms with E-state index in [-0.39, 0.29) is 19.1 Å². The van der Waals surface area contributed by atoms with Gasteiger partial charge in [-0.25, -0.2) is 0 Å². The fraction of sp³-hybridized carbons (Fsp3) is 0.875. The van der Waals surface area contributed by atoms with E-state index in [1.807, 2.05) is 0 Å². The third-order valence-corrected chi connectivity index (χ3v) is 1.78. The summed E-state index contributed by atoms with van der Waals surface area (Å²) in [7, 11) is 0. The van der Waals surface area contributed by atoms with E-state index in [4.69, 9.17) is 21.7 Å². The fourth-order valence-corrected chi connectivity index (χ4v) is 0.883. The lowest BCUT2D eigenvalue weighted by atomic mass is 10.1. The lowest BCUT2D eigenvalue weighted by Gasteiger charge is -2.13. The van der Waals surface area contributed by atoms with Gasteiger partial charge in [-0.2, -0.15) is 0 Å². The number of carbonyl (C=O) groups is 1. The van der Waals surface area contributed by atoms with Crippen molar-refractivity contribution in [3.8, 4) is 0 Å². The molecule has 0 heterocycles. The van der Waals surface area contributed by atoms with Crippen molar-refractivity contribution in [2.45, 2.75) is 25.0 Å². The number of carbonyl (C=O) groups excluding carboxylic acids is 1. The predicted octanol–water partition coefficient (Wildman–Crippen LogP) is -2.48. The smallest absolute Gasteiger partial charge is 0.237 e. The maximum Gasteiger partial charge on any atom is 0.237 e. The average molecular weight is 205 g/mol. The van der Waals surface area contributed by atoms with E-state index in [0.29, 0.717) is 19.4 Å². The molecule has 0 aliphatic heterocycles. The van der Waals surface area contributed by atoms with Crippen LogP contribution in [-0.4, -0.2) is 48.0 Å². The molecular formula is C8H19N3O3. The molecule has 0 saturated carbocycles. The van der Waals surface area contributed by atoms with Crippen LogP contribution in [0.1, 0.15) is 12.8 Å². The van der Waals surface area contributed by atoms with Crippen LogP contribution in [0.5, 0.6) is 0 Å². The second-order valence-electron chi connectivity index (χ2n) is 3.12. The van der Waals surface area contributed by atoms with Gasteiger partial charge in [0.15, 0.2) is 0 Å². The number of hydrogen-bond acceptors (Lipinski definition) is 5. The van der Waals surface area contributed by atoms with E-state index in [1.165, 1.54) is 0 Å². The van der Waals surface area contributed by atoms with Crippen LogP contribution >= 0.6 is 0 Å². The molecule has 0 saturated heterocycles. The van der Waals surface area contributed by atoms with Gasteiger partial charge in [0.1, 0.15) is 0 Å². The van der Waals surface area contributed by atoms with Crippen LogP contribution in [0.2, 0.25) is 0 Å². The first-order valence-corrected chi connectivity index (χ1v) is 4.64. The molecule has 6 heteroatoms. The number of hydrogen-bond donors (Lipinski definition) is 5. The summed E-state index contributed by atoms with van der Waals surface area (Å²) in [5.74, 6) is -0.328. The van der Waals surface area contributed by atoms with E-state index in [9.17, 15) is 4.79 Å². The molecule has 6 nitrogen and oxygen atoms in total. The van der Waals surface area contributed by atoms with Crippen molar-refractivity contribution in [3.63, 3.8) is 0 Å². The highest BCUT2D eigenvalue weighted by Crippen LogP contribution is 1.92. The zero-order valence-corrected chi connectivity index (χ0v) is 8.15. The van der Waals surface area contributed by atoms with Crippen LogP contribution in [-0.2, 0) is 4.79 Å². The summed E-state index contributed by atoms with van der Waals surface area (Å²) in [6.07, 6.45) is 0.287. The number of rotatable bonds is 7. The number of aliphatic hydroxyl groups excluding tert-OH is 2. The molecule has 1 amide bonds. The Morgan fingerprint density at radius 1 is 1.50 bits per heavy atom. The predicted molar refractivity (Wildman–Crippen MR) is 52.4 cm³/mol. The Hall–Kier alpha value is -0.690. The second-order valence-corrected chi connectivity index (χ2v) is 3.12. The summed E-state index contributed by atoms with van der Waals surface area (Å²) in [6.45, 7) is 0.143. The van der Waals surface area contributed by atoms with Crippen molar-refractivity contribution < 1.29 is 15.0 Å². The van der Waals surface area contributed by atoms with Gasteiger partial charge in [0, 0.05) is 6.54 Å². The number of aliphatic hydroxyl groups is 2. The molecule has 0 rings (SSSR count). The first-order chi connectivity index (χ1) is 6.61. The van der Waals surface area contributed by atoms with Gasteiger partial charge >= 0.3 is 0 Å². The Labute approximate surface area is 83.3 Å². The quantitative estimate of drug-likeness (QED) is 0.315. The highest BCUT2D eigenvalue weighted by atomic mass is 16.3. The average Bonchev–Trinajstić information content (AvgIpc) is 2.21. The first-order valence-electron chi connectivity index (χ1n) is 4.64. The Morgan fingerprint density at radius 2 is 2.14 bits per heavy atom. The van der Waals surface area contributed by atoms with Gasteiger partial charge in [0.05, 0.1) is 18.8 Å². The Balaban J connectivity index is 3.61. The molecule has 2 unspecified atom stereocenters. The lowest BCUT2D eigenvalue weighted by molar-refractivity contribution is -0.123. The Bertz CT molecular complexity index is 166. The van der Waals surface area contributed by atoms with Gasteiger partial charge < -0.3 is 27.0 Å². The van der Waals surface area contributed by atoms with Gasteiger partial charge in [0.25, 0.3) is 0 Å². The molecule has 0 aliphatic carbocycles. The number of nitrogens with one attached hydrogen (secondary N) is 1. The highest BCUT2D eigenvalue weighted by molar-refractivity contribution is 5.81. The minimum absolute atomic E-state index is 0.0195. The molecule has 0 aliphatic rings. The van der Waals surface area contributed by atoms with Crippen molar-refractivity contribution in [1.29, 1.82) is 0 Å². The van der Waals surface area contributed by atoms with Crippen LogP contribution in [0.3, 0.4) is 0 Å². The van der Waals surface area contributed by atoms with Crippen molar-refractivity contribution >= 4 is 5.91 Å². The summed E-state index contributed by atoms with van der Waals surface area (Å²) in [5.41, 5.74) is 10.8. The van der Waals surface area contributed by atoms with E-state index >= 15 is 0 Å². The summed E-state index contributed by atoms with van der Waals surface area (Å²) < 4.78 is 0. The summed E-state index contributed by atoms with van der Waals surface area (Å²) in [6, 6.07) is -0.593. The van der Waals surface area contributed by atoms with Crippen LogP contribution in [0.25, 0.3) is 0 Å². The SMILES string of the molecule is NCCCC(N)C(=O)NCC(O)CO. The molecule has 7 N–H and O–H groups in total. The van der Waals surface area contributed by atoms with Crippen LogP contribution in [0, 0.1) is 0 Å². The molecular weight excluding hydrogens is 186 g/mol. The van der Waals surface area contributed by atoms with Crippen molar-refractivity contribution in [1.82, 2.24) is 5.32 Å². The van der Waals surface area contributed by atoms with Crippen molar-refractivity contribution in [2.24, 2.45) is 11.5 Å². The van der Waals surface area contributed by atoms with Crippen molar-refractivity contribution in [2.75, 3.05) is 19.7 Å². The molecule has 0 aromatic carbocycles. The van der Waals surface area contributed by atoms with Crippen molar-refractivity contribution in [3.05, 3.63) is 0 Å². The van der Waals surface area contributed by atoms with E-state index < -0.39 is 12.1 Å². The third-order valence-electron chi connectivity index (χ3n) is 1.78. The molecule has 0 radical (unpaired) electrons. The first kappa shape index (κ1) is 13.3. The zero-order chi connectivity index (χ0) is 11.0. The molecule has 0 aromatic heterocycles. The Morgan fingerprint density at radius 3 is 2.64 bits per heavy atom. The van der Waals surface area contributed by atoms with E-state index in [0.717, 1.165) is 0 Å². The maximum atomic E-state index is 11.2. The number of amides is 1. The second kappa shape index (κ2) is 7.69. The molecule has 0 aromatic rings. The molecule has 0 fully saturated rings. The van der Waals surface area contributed by atoms with Gasteiger partial charge in [-0.05, 0) is 19.4 Å². The maximum absolute atomic E-state index is 11.2. The normalized spacial score (nSPS) is 14.9. The Kier molecular flexibility index (Phi) is 7.31. The van der Waals surface area contributed by atoms with E-state index in [2.05, 4.69) is 5.32 Å².